The van der Waals surface area contributed by atoms with Crippen molar-refractivity contribution in [3.05, 3.63) is 71.7 Å². The summed E-state index contributed by atoms with van der Waals surface area (Å²) in [6, 6.07) is 15.5. The molecule has 1 aromatic heterocycles. The summed E-state index contributed by atoms with van der Waals surface area (Å²) in [5.41, 5.74) is 5.88. The molecule has 0 aliphatic carbocycles. The van der Waals surface area contributed by atoms with Crippen LogP contribution in [-0.2, 0) is 21.3 Å². The van der Waals surface area contributed by atoms with Crippen molar-refractivity contribution in [3.63, 3.8) is 0 Å². The van der Waals surface area contributed by atoms with E-state index in [1.54, 1.807) is 22.8 Å². The Bertz CT molecular complexity index is 1380. The average Bonchev–Trinajstić information content (AvgIpc) is 3.60. The van der Waals surface area contributed by atoms with Gasteiger partial charge >= 0.3 is 0 Å². The minimum Gasteiger partial charge on any atom is -0.378 e. The van der Waals surface area contributed by atoms with E-state index in [0.29, 0.717) is 37.7 Å². The first-order chi connectivity index (χ1) is 17.1. The van der Waals surface area contributed by atoms with Gasteiger partial charge in [-0.3, -0.25) is 4.99 Å². The van der Waals surface area contributed by atoms with Crippen molar-refractivity contribution in [1.29, 1.82) is 0 Å². The molecule has 0 N–H and O–H groups in total. The third-order valence-corrected chi connectivity index (χ3v) is 8.81. The van der Waals surface area contributed by atoms with Crippen molar-refractivity contribution in [1.82, 2.24) is 14.3 Å². The van der Waals surface area contributed by atoms with E-state index in [0.717, 1.165) is 65.4 Å². The number of hydrogen-bond donors (Lipinski definition) is 0. The van der Waals surface area contributed by atoms with Crippen LogP contribution in [-0.4, -0.2) is 67.8 Å². The molecule has 0 atom stereocenters. The van der Waals surface area contributed by atoms with E-state index < -0.39 is 10.0 Å². The van der Waals surface area contributed by atoms with Crippen molar-refractivity contribution >= 4 is 21.6 Å². The Hall–Kier alpha value is -3.14. The van der Waals surface area contributed by atoms with Gasteiger partial charge in [-0.15, -0.1) is 0 Å². The number of ether oxygens (including phenoxy) is 1. The van der Waals surface area contributed by atoms with E-state index in [9.17, 15) is 8.42 Å². The highest BCUT2D eigenvalue weighted by atomic mass is 32.2. The van der Waals surface area contributed by atoms with Crippen LogP contribution in [0.25, 0.3) is 11.1 Å². The first-order valence-electron chi connectivity index (χ1n) is 12.0. The van der Waals surface area contributed by atoms with Crippen molar-refractivity contribution < 1.29 is 13.2 Å². The molecule has 6 rings (SSSR count). The van der Waals surface area contributed by atoms with Crippen molar-refractivity contribution in [3.8, 4) is 11.1 Å². The van der Waals surface area contributed by atoms with Gasteiger partial charge in [-0.05, 0) is 47.7 Å². The second-order valence-electron chi connectivity index (χ2n) is 9.03. The fourth-order valence-corrected chi connectivity index (χ4v) is 6.44. The monoisotopic (exact) mass is 489 g/mol. The lowest BCUT2D eigenvalue weighted by Crippen LogP contribution is -2.36. The Morgan fingerprint density at radius 3 is 2.34 bits per heavy atom. The molecule has 0 radical (unpaired) electrons. The number of aliphatic imine (C=N–C) groups is 1. The molecule has 3 aromatic rings. The topological polar surface area (TPSA) is 88.0 Å². The molecule has 0 spiro atoms. The van der Waals surface area contributed by atoms with Crippen LogP contribution >= 0.6 is 0 Å². The van der Waals surface area contributed by atoms with Gasteiger partial charge in [-0.25, -0.2) is 18.4 Å². The van der Waals surface area contributed by atoms with Crippen LogP contribution < -0.4 is 4.90 Å². The van der Waals surface area contributed by atoms with Gasteiger partial charge in [0.1, 0.15) is 12.1 Å². The zero-order chi connectivity index (χ0) is 23.8. The van der Waals surface area contributed by atoms with Crippen molar-refractivity contribution in [2.45, 2.75) is 24.3 Å². The molecule has 35 heavy (non-hydrogen) atoms. The maximum atomic E-state index is 12.9. The Morgan fingerprint density at radius 2 is 1.57 bits per heavy atom. The van der Waals surface area contributed by atoms with E-state index in [1.807, 2.05) is 18.2 Å². The average molecular weight is 490 g/mol. The van der Waals surface area contributed by atoms with E-state index in [2.05, 4.69) is 33.1 Å². The molecule has 180 valence electrons. The summed E-state index contributed by atoms with van der Waals surface area (Å²) in [5, 5.41) is 0. The predicted molar refractivity (Wildman–Crippen MR) is 134 cm³/mol. The molecule has 0 saturated carbocycles. The maximum absolute atomic E-state index is 12.9. The molecule has 2 saturated heterocycles. The number of anilines is 1. The molecule has 3 aliphatic rings. The summed E-state index contributed by atoms with van der Waals surface area (Å²) in [7, 11) is -3.42. The van der Waals surface area contributed by atoms with Gasteiger partial charge in [0.15, 0.2) is 0 Å². The zero-order valence-corrected chi connectivity index (χ0v) is 20.2. The minimum absolute atomic E-state index is 0.350. The summed E-state index contributed by atoms with van der Waals surface area (Å²) in [5.74, 6) is 0.889. The number of sulfonamides is 1. The first kappa shape index (κ1) is 22.3. The van der Waals surface area contributed by atoms with Gasteiger partial charge in [0.05, 0.1) is 36.1 Å². The second kappa shape index (κ2) is 9.14. The molecule has 3 aliphatic heterocycles. The second-order valence-corrected chi connectivity index (χ2v) is 11.0. The molecule has 9 heteroatoms. The summed E-state index contributed by atoms with van der Waals surface area (Å²) in [6.45, 7) is 4.85. The first-order valence-corrected chi connectivity index (χ1v) is 13.5. The van der Waals surface area contributed by atoms with Gasteiger partial charge < -0.3 is 9.64 Å². The Balaban J connectivity index is 1.28. The quantitative estimate of drug-likeness (QED) is 0.547. The van der Waals surface area contributed by atoms with Crippen LogP contribution in [0.5, 0.6) is 0 Å². The van der Waals surface area contributed by atoms with Crippen LogP contribution in [0.15, 0.2) is 64.7 Å². The smallest absolute Gasteiger partial charge is 0.243 e. The van der Waals surface area contributed by atoms with E-state index in [1.165, 1.54) is 0 Å². The van der Waals surface area contributed by atoms with Crippen molar-refractivity contribution in [2.24, 2.45) is 4.99 Å². The lowest BCUT2D eigenvalue weighted by Gasteiger charge is -2.27. The van der Waals surface area contributed by atoms with Crippen LogP contribution in [0.2, 0.25) is 0 Å². The molecule has 8 nitrogen and oxygen atoms in total. The Kier molecular flexibility index (Phi) is 5.83. The van der Waals surface area contributed by atoms with Crippen LogP contribution in [0, 0.1) is 0 Å². The standard InChI is InChI=1S/C26H27N5O3S/c32-35(33,31-9-1-2-10-31)22-7-5-19(6-8-22)20-3-4-21-17-27-26(23(21)15-20)24-16-25(29-18-28-24)30-11-13-34-14-12-30/h3-8,15-16,18H,1-2,9-14,17H2. The fourth-order valence-electron chi connectivity index (χ4n) is 4.92. The summed E-state index contributed by atoms with van der Waals surface area (Å²) < 4.78 is 32.8. The SMILES string of the molecule is O=S(=O)(c1ccc(-c2ccc3c(c2)C(c2cc(N4CCOCC4)ncn2)=NC3)cc1)N1CCCC1. The normalized spacial score (nSPS) is 18.5. The third-order valence-electron chi connectivity index (χ3n) is 6.89. The number of benzene rings is 2. The number of nitrogens with zero attached hydrogens (tertiary/aromatic N) is 5. The summed E-state index contributed by atoms with van der Waals surface area (Å²) in [6.07, 6.45) is 3.46. The third kappa shape index (κ3) is 4.24. The lowest BCUT2D eigenvalue weighted by molar-refractivity contribution is 0.122. The van der Waals surface area contributed by atoms with Crippen molar-refractivity contribution in [2.75, 3.05) is 44.3 Å². The highest BCUT2D eigenvalue weighted by Crippen LogP contribution is 2.30. The van der Waals surface area contributed by atoms with Gasteiger partial charge in [0.2, 0.25) is 10.0 Å². The number of fused-ring (bicyclic) bond motifs is 1. The molecular formula is C26H27N5O3S. The number of morpholine rings is 1. The Morgan fingerprint density at radius 1 is 0.829 bits per heavy atom. The highest BCUT2D eigenvalue weighted by Gasteiger charge is 2.27. The Labute approximate surface area is 205 Å². The fraction of sp³-hybridized carbons (Fsp3) is 0.346. The van der Waals surface area contributed by atoms with Crippen LogP contribution in [0.1, 0.15) is 29.7 Å². The number of hydrogen-bond acceptors (Lipinski definition) is 7. The predicted octanol–water partition coefficient (Wildman–Crippen LogP) is 3.12. The lowest BCUT2D eigenvalue weighted by atomic mass is 9.97. The zero-order valence-electron chi connectivity index (χ0n) is 19.4. The van der Waals surface area contributed by atoms with E-state index >= 15 is 0 Å². The van der Waals surface area contributed by atoms with Gasteiger partial charge in [-0.2, -0.15) is 4.31 Å². The van der Waals surface area contributed by atoms with E-state index in [4.69, 9.17) is 9.73 Å². The molecule has 0 bridgehead atoms. The minimum atomic E-state index is -3.42. The number of aromatic nitrogens is 2. The molecule has 2 fully saturated rings. The van der Waals surface area contributed by atoms with Crippen LogP contribution in [0.3, 0.4) is 0 Å². The highest BCUT2D eigenvalue weighted by molar-refractivity contribution is 7.89. The number of rotatable bonds is 5. The molecule has 0 unspecified atom stereocenters. The van der Waals surface area contributed by atoms with E-state index in [-0.39, 0.29) is 0 Å². The van der Waals surface area contributed by atoms with Gasteiger partial charge in [0, 0.05) is 37.8 Å². The molecule has 2 aromatic carbocycles. The molecule has 4 heterocycles. The molecule has 0 amide bonds. The van der Waals surface area contributed by atoms with Gasteiger partial charge in [-0.1, -0.05) is 24.3 Å². The molecular weight excluding hydrogens is 462 g/mol. The van der Waals surface area contributed by atoms with Crippen LogP contribution in [0.4, 0.5) is 5.82 Å². The summed E-state index contributed by atoms with van der Waals surface area (Å²) >= 11 is 0. The largest absolute Gasteiger partial charge is 0.378 e. The maximum Gasteiger partial charge on any atom is 0.243 e. The summed E-state index contributed by atoms with van der Waals surface area (Å²) in [4.78, 5) is 16.3. The van der Waals surface area contributed by atoms with Gasteiger partial charge in [0.25, 0.3) is 0 Å².